The number of hydrogen-bond donors (Lipinski definition) is 1. The highest BCUT2D eigenvalue weighted by atomic mass is 32.2. The van der Waals surface area contributed by atoms with Crippen LogP contribution < -0.4 is 5.56 Å². The summed E-state index contributed by atoms with van der Waals surface area (Å²) >= 11 is 1.59. The Morgan fingerprint density at radius 1 is 1.17 bits per heavy atom. The maximum absolute atomic E-state index is 12.2. The lowest BCUT2D eigenvalue weighted by Crippen LogP contribution is -2.17. The van der Waals surface area contributed by atoms with Gasteiger partial charge >= 0.3 is 0 Å². The molecule has 1 atom stereocenters. The average molecular weight is 336 g/mol. The normalized spacial score (nSPS) is 16.5. The Bertz CT molecular complexity index is 958. The summed E-state index contributed by atoms with van der Waals surface area (Å²) in [6, 6.07) is 13.9. The summed E-state index contributed by atoms with van der Waals surface area (Å²) in [6.07, 6.45) is 3.48. The van der Waals surface area contributed by atoms with Crippen LogP contribution in [-0.2, 0) is 6.54 Å². The van der Waals surface area contributed by atoms with E-state index in [9.17, 15) is 4.79 Å². The van der Waals surface area contributed by atoms with Gasteiger partial charge in [0, 0.05) is 17.3 Å². The smallest absolute Gasteiger partial charge is 0.252 e. The van der Waals surface area contributed by atoms with Crippen molar-refractivity contribution in [2.75, 3.05) is 0 Å². The zero-order chi connectivity index (χ0) is 16.5. The van der Waals surface area contributed by atoms with Crippen LogP contribution in [0, 0.1) is 0 Å². The summed E-state index contributed by atoms with van der Waals surface area (Å²) in [6.45, 7) is 2.63. The van der Waals surface area contributed by atoms with Crippen molar-refractivity contribution in [3.05, 3.63) is 81.9 Å². The minimum Gasteiger partial charge on any atom is -0.329 e. The maximum atomic E-state index is 12.2. The second-order valence-corrected chi connectivity index (χ2v) is 6.95. The van der Waals surface area contributed by atoms with Crippen molar-refractivity contribution in [2.24, 2.45) is 4.99 Å². The molecule has 1 aliphatic heterocycles. The topological polar surface area (TPSA) is 63.0 Å². The second kappa shape index (κ2) is 6.13. The van der Waals surface area contributed by atoms with Gasteiger partial charge in [0.25, 0.3) is 5.56 Å². The van der Waals surface area contributed by atoms with E-state index >= 15 is 0 Å². The molecule has 1 N–H and O–H groups in total. The molecule has 0 aliphatic carbocycles. The number of thioether (sulfide) groups is 1. The monoisotopic (exact) mass is 336 g/mol. The van der Waals surface area contributed by atoms with Gasteiger partial charge in [0.2, 0.25) is 0 Å². The SMILES string of the molecule is CC1=Nc2c(cnn2Cc2ccccc2)[C@@H](c2ccc[nH]c2=O)S1. The lowest BCUT2D eigenvalue weighted by Gasteiger charge is -2.20. The van der Waals surface area contributed by atoms with Crippen molar-refractivity contribution in [3.63, 3.8) is 0 Å². The summed E-state index contributed by atoms with van der Waals surface area (Å²) in [5, 5.41) is 5.38. The van der Waals surface area contributed by atoms with Crippen LogP contribution in [0.4, 0.5) is 5.82 Å². The van der Waals surface area contributed by atoms with E-state index < -0.39 is 0 Å². The molecule has 0 fully saturated rings. The molecule has 6 heteroatoms. The number of aromatic amines is 1. The van der Waals surface area contributed by atoms with Crippen molar-refractivity contribution in [3.8, 4) is 0 Å². The van der Waals surface area contributed by atoms with E-state index in [0.29, 0.717) is 6.54 Å². The van der Waals surface area contributed by atoms with Crippen LogP contribution in [0.3, 0.4) is 0 Å². The van der Waals surface area contributed by atoms with Crippen LogP contribution in [-0.4, -0.2) is 19.8 Å². The highest BCUT2D eigenvalue weighted by Crippen LogP contribution is 2.44. The first kappa shape index (κ1) is 15.0. The minimum atomic E-state index is -0.0769. The van der Waals surface area contributed by atoms with Crippen LogP contribution in [0.25, 0.3) is 0 Å². The Morgan fingerprint density at radius 2 is 2.00 bits per heavy atom. The van der Waals surface area contributed by atoms with E-state index in [0.717, 1.165) is 22.0 Å². The molecule has 0 amide bonds. The summed E-state index contributed by atoms with van der Waals surface area (Å²) in [4.78, 5) is 19.6. The number of fused-ring (bicyclic) bond motifs is 1. The molecule has 5 nitrogen and oxygen atoms in total. The molecule has 2 aromatic heterocycles. The van der Waals surface area contributed by atoms with Gasteiger partial charge in [0.1, 0.15) is 0 Å². The zero-order valence-electron chi connectivity index (χ0n) is 13.1. The average Bonchev–Trinajstić information content (AvgIpc) is 2.98. The number of nitrogens with one attached hydrogen (secondary N) is 1. The predicted molar refractivity (Wildman–Crippen MR) is 97.0 cm³/mol. The van der Waals surface area contributed by atoms with E-state index in [1.54, 1.807) is 18.0 Å². The summed E-state index contributed by atoms with van der Waals surface area (Å²) < 4.78 is 1.90. The van der Waals surface area contributed by atoms with Gasteiger partial charge in [-0.05, 0) is 18.6 Å². The van der Waals surface area contributed by atoms with Crippen LogP contribution in [0.2, 0.25) is 0 Å². The Kier molecular flexibility index (Phi) is 3.82. The molecular formula is C18H16N4OS. The number of aromatic nitrogens is 3. The molecule has 3 aromatic rings. The number of H-pyrrole nitrogens is 1. The van der Waals surface area contributed by atoms with Gasteiger partial charge < -0.3 is 4.98 Å². The molecular weight excluding hydrogens is 320 g/mol. The first-order chi connectivity index (χ1) is 11.7. The lowest BCUT2D eigenvalue weighted by molar-refractivity contribution is 0.690. The van der Waals surface area contributed by atoms with Crippen molar-refractivity contribution in [1.29, 1.82) is 0 Å². The van der Waals surface area contributed by atoms with Crippen molar-refractivity contribution < 1.29 is 0 Å². The number of pyridine rings is 1. The third-order valence-corrected chi connectivity index (χ3v) is 5.16. The van der Waals surface area contributed by atoms with Crippen LogP contribution in [0.1, 0.15) is 28.9 Å². The molecule has 3 heterocycles. The van der Waals surface area contributed by atoms with Crippen LogP contribution >= 0.6 is 11.8 Å². The molecule has 0 unspecified atom stereocenters. The van der Waals surface area contributed by atoms with Gasteiger partial charge in [-0.3, -0.25) is 4.79 Å². The molecule has 1 aliphatic rings. The Hall–Kier alpha value is -2.60. The summed E-state index contributed by atoms with van der Waals surface area (Å²) in [7, 11) is 0. The highest BCUT2D eigenvalue weighted by Gasteiger charge is 2.28. The summed E-state index contributed by atoms with van der Waals surface area (Å²) in [5.41, 5.74) is 2.82. The third kappa shape index (κ3) is 2.69. The predicted octanol–water partition coefficient (Wildman–Crippen LogP) is 3.51. The van der Waals surface area contributed by atoms with E-state index in [1.165, 1.54) is 5.56 Å². The Labute approximate surface area is 143 Å². The molecule has 0 saturated carbocycles. The van der Waals surface area contributed by atoms with Gasteiger partial charge in [-0.15, -0.1) is 0 Å². The highest BCUT2D eigenvalue weighted by molar-refractivity contribution is 8.14. The quantitative estimate of drug-likeness (QED) is 0.796. The first-order valence-electron chi connectivity index (χ1n) is 7.71. The number of benzene rings is 1. The maximum Gasteiger partial charge on any atom is 0.252 e. The van der Waals surface area contributed by atoms with E-state index in [1.807, 2.05) is 48.1 Å². The Balaban J connectivity index is 1.77. The number of aliphatic imine (C=N–C) groups is 1. The Morgan fingerprint density at radius 3 is 2.79 bits per heavy atom. The molecule has 120 valence electrons. The van der Waals surface area contributed by atoms with E-state index in [2.05, 4.69) is 27.2 Å². The molecule has 0 radical (unpaired) electrons. The van der Waals surface area contributed by atoms with Crippen LogP contribution in [0.5, 0.6) is 0 Å². The minimum absolute atomic E-state index is 0.0635. The van der Waals surface area contributed by atoms with E-state index in [4.69, 9.17) is 0 Å². The molecule has 4 rings (SSSR count). The van der Waals surface area contributed by atoms with E-state index in [-0.39, 0.29) is 10.8 Å². The van der Waals surface area contributed by atoms with Gasteiger partial charge in [-0.1, -0.05) is 48.2 Å². The van der Waals surface area contributed by atoms with Gasteiger partial charge in [-0.2, -0.15) is 5.10 Å². The number of hydrogen-bond acceptors (Lipinski definition) is 4. The number of nitrogens with zero attached hydrogens (tertiary/aromatic N) is 3. The number of rotatable bonds is 3. The largest absolute Gasteiger partial charge is 0.329 e. The standard InChI is InChI=1S/C18H16N4OS/c1-12-21-17-15(16(24-12)14-8-5-9-19-18(14)23)10-20-22(17)11-13-6-3-2-4-7-13/h2-10,16H,11H2,1H3,(H,19,23)/t16-/m1/s1. The first-order valence-corrected chi connectivity index (χ1v) is 8.59. The fourth-order valence-electron chi connectivity index (χ4n) is 2.85. The van der Waals surface area contributed by atoms with Crippen molar-refractivity contribution >= 4 is 22.6 Å². The fourth-order valence-corrected chi connectivity index (χ4v) is 3.94. The van der Waals surface area contributed by atoms with Crippen molar-refractivity contribution in [1.82, 2.24) is 14.8 Å². The lowest BCUT2D eigenvalue weighted by atomic mass is 10.1. The van der Waals surface area contributed by atoms with Gasteiger partial charge in [0.15, 0.2) is 5.82 Å². The molecule has 0 saturated heterocycles. The van der Waals surface area contributed by atoms with Gasteiger partial charge in [0.05, 0.1) is 23.0 Å². The molecule has 0 spiro atoms. The van der Waals surface area contributed by atoms with Crippen molar-refractivity contribution in [2.45, 2.75) is 18.7 Å². The molecule has 24 heavy (non-hydrogen) atoms. The zero-order valence-corrected chi connectivity index (χ0v) is 14.0. The molecule has 0 bridgehead atoms. The van der Waals surface area contributed by atoms with Gasteiger partial charge in [-0.25, -0.2) is 9.67 Å². The van der Waals surface area contributed by atoms with Crippen LogP contribution in [0.15, 0.2) is 64.6 Å². The third-order valence-electron chi connectivity index (χ3n) is 3.98. The fraction of sp³-hybridized carbons (Fsp3) is 0.167. The molecule has 1 aromatic carbocycles. The second-order valence-electron chi connectivity index (χ2n) is 5.65. The summed E-state index contributed by atoms with van der Waals surface area (Å²) in [5.74, 6) is 0.836.